The molecule has 1 aromatic rings. The predicted molar refractivity (Wildman–Crippen MR) is 82.3 cm³/mol. The Morgan fingerprint density at radius 1 is 1.22 bits per heavy atom. The van der Waals surface area contributed by atoms with E-state index < -0.39 is 10.8 Å². The van der Waals surface area contributed by atoms with Crippen molar-refractivity contribution in [3.8, 4) is 0 Å². The van der Waals surface area contributed by atoms with Crippen LogP contribution < -0.4 is 10.9 Å². The largest absolute Gasteiger partial charge is 0.273 e. The fourth-order valence-corrected chi connectivity index (χ4v) is 3.87. The van der Waals surface area contributed by atoms with Gasteiger partial charge in [0.05, 0.1) is 4.92 Å². The lowest BCUT2D eigenvalue weighted by Crippen LogP contribution is -2.42. The highest BCUT2D eigenvalue weighted by atomic mass is 16.6. The average molecular weight is 317 g/mol. The Labute approximate surface area is 133 Å². The number of carbonyl (C=O) groups excluding carboxylic acids is 2. The van der Waals surface area contributed by atoms with Crippen LogP contribution in [0.3, 0.4) is 0 Å². The second kappa shape index (κ2) is 6.36. The number of nitro benzene ring substituents is 1. The Bertz CT molecular complexity index is 646. The van der Waals surface area contributed by atoms with Gasteiger partial charge in [0.1, 0.15) is 0 Å². The van der Waals surface area contributed by atoms with Crippen molar-refractivity contribution in [2.24, 2.45) is 17.8 Å². The van der Waals surface area contributed by atoms with E-state index in [1.807, 2.05) is 0 Å². The highest BCUT2D eigenvalue weighted by Crippen LogP contribution is 2.49. The second-order valence-corrected chi connectivity index (χ2v) is 6.45. The topological polar surface area (TPSA) is 101 Å². The summed E-state index contributed by atoms with van der Waals surface area (Å²) in [4.78, 5) is 34.0. The van der Waals surface area contributed by atoms with Crippen molar-refractivity contribution in [1.29, 1.82) is 0 Å². The molecule has 0 unspecified atom stereocenters. The molecule has 2 bridgehead atoms. The molecular weight excluding hydrogens is 298 g/mol. The minimum atomic E-state index is -0.565. The molecule has 0 heterocycles. The van der Waals surface area contributed by atoms with Gasteiger partial charge in [-0.15, -0.1) is 0 Å². The number of hydrogen-bond acceptors (Lipinski definition) is 4. The zero-order valence-electron chi connectivity index (χ0n) is 12.7. The van der Waals surface area contributed by atoms with E-state index in [9.17, 15) is 19.7 Å². The van der Waals surface area contributed by atoms with Crippen molar-refractivity contribution < 1.29 is 14.5 Å². The predicted octanol–water partition coefficient (Wildman–Crippen LogP) is 2.18. The Morgan fingerprint density at radius 3 is 2.70 bits per heavy atom. The van der Waals surface area contributed by atoms with Crippen LogP contribution in [0.2, 0.25) is 0 Å². The van der Waals surface area contributed by atoms with Crippen molar-refractivity contribution in [2.45, 2.75) is 32.1 Å². The van der Waals surface area contributed by atoms with Crippen LogP contribution in [0.25, 0.3) is 0 Å². The van der Waals surface area contributed by atoms with Crippen molar-refractivity contribution in [2.75, 3.05) is 0 Å². The molecule has 2 amide bonds. The van der Waals surface area contributed by atoms with Gasteiger partial charge in [0.25, 0.3) is 11.6 Å². The van der Waals surface area contributed by atoms with E-state index in [-0.39, 0.29) is 17.2 Å². The number of benzene rings is 1. The summed E-state index contributed by atoms with van der Waals surface area (Å²) in [5.74, 6) is 1.08. The van der Waals surface area contributed by atoms with Crippen LogP contribution in [0.4, 0.5) is 5.69 Å². The van der Waals surface area contributed by atoms with Gasteiger partial charge < -0.3 is 0 Å². The smallest absolute Gasteiger partial charge is 0.270 e. The van der Waals surface area contributed by atoms with Gasteiger partial charge >= 0.3 is 0 Å². The molecule has 0 saturated heterocycles. The lowest BCUT2D eigenvalue weighted by molar-refractivity contribution is -0.384. The van der Waals surface area contributed by atoms with Crippen LogP contribution in [-0.4, -0.2) is 16.7 Å². The summed E-state index contributed by atoms with van der Waals surface area (Å²) in [7, 11) is 0. The van der Waals surface area contributed by atoms with E-state index in [0.717, 1.165) is 12.3 Å². The van der Waals surface area contributed by atoms with Gasteiger partial charge in [-0.25, -0.2) is 0 Å². The van der Waals surface area contributed by atoms with Crippen LogP contribution in [0.5, 0.6) is 0 Å². The summed E-state index contributed by atoms with van der Waals surface area (Å²) in [5, 5.41) is 10.7. The SMILES string of the molecule is O=C(C[C@@H]1C[C@H]2CC[C@@H]1C2)NNC(=O)c1cccc([N+](=O)[O-])c1. The number of amides is 2. The number of non-ortho nitro benzene ring substituents is 1. The summed E-state index contributed by atoms with van der Waals surface area (Å²) in [6.07, 6.45) is 5.26. The molecular formula is C16H19N3O4. The number of nitro groups is 1. The molecule has 0 spiro atoms. The highest BCUT2D eigenvalue weighted by molar-refractivity contribution is 5.95. The number of nitrogens with one attached hydrogen (secondary N) is 2. The molecule has 1 aromatic carbocycles. The van der Waals surface area contributed by atoms with Crippen LogP contribution in [0.15, 0.2) is 24.3 Å². The number of hydrazine groups is 1. The molecule has 0 radical (unpaired) electrons. The fourth-order valence-electron chi connectivity index (χ4n) is 3.87. The molecule has 3 rings (SSSR count). The van der Waals surface area contributed by atoms with Crippen LogP contribution >= 0.6 is 0 Å². The molecule has 7 nitrogen and oxygen atoms in total. The zero-order valence-corrected chi connectivity index (χ0v) is 12.7. The van der Waals surface area contributed by atoms with Crippen molar-refractivity contribution in [3.63, 3.8) is 0 Å². The number of carbonyl (C=O) groups is 2. The van der Waals surface area contributed by atoms with Gasteiger partial charge in [0, 0.05) is 24.1 Å². The van der Waals surface area contributed by atoms with Crippen molar-refractivity contribution >= 4 is 17.5 Å². The van der Waals surface area contributed by atoms with Gasteiger partial charge in [-0.1, -0.05) is 12.5 Å². The average Bonchev–Trinajstić information content (AvgIpc) is 3.15. The molecule has 2 aliphatic carbocycles. The Balaban J connectivity index is 1.49. The molecule has 2 N–H and O–H groups in total. The minimum absolute atomic E-state index is 0.138. The van der Waals surface area contributed by atoms with Crippen LogP contribution in [0.1, 0.15) is 42.5 Å². The molecule has 3 atom stereocenters. The van der Waals surface area contributed by atoms with E-state index in [1.165, 1.54) is 43.5 Å². The summed E-state index contributed by atoms with van der Waals surface area (Å²) in [5.41, 5.74) is 4.71. The Morgan fingerprint density at radius 2 is 2.04 bits per heavy atom. The second-order valence-electron chi connectivity index (χ2n) is 6.45. The van der Waals surface area contributed by atoms with E-state index in [2.05, 4.69) is 10.9 Å². The van der Waals surface area contributed by atoms with Gasteiger partial charge in [0.2, 0.25) is 5.91 Å². The summed E-state index contributed by atoms with van der Waals surface area (Å²) >= 11 is 0. The maximum absolute atomic E-state index is 12.0. The lowest BCUT2D eigenvalue weighted by atomic mass is 9.86. The molecule has 23 heavy (non-hydrogen) atoms. The summed E-state index contributed by atoms with van der Waals surface area (Å²) in [6, 6.07) is 5.39. The first-order valence-corrected chi connectivity index (χ1v) is 7.86. The fraction of sp³-hybridized carbons (Fsp3) is 0.500. The molecule has 122 valence electrons. The third kappa shape index (κ3) is 3.49. The molecule has 0 aliphatic heterocycles. The Hall–Kier alpha value is -2.44. The number of hydrogen-bond donors (Lipinski definition) is 2. The number of nitrogens with zero attached hydrogens (tertiary/aromatic N) is 1. The minimum Gasteiger partial charge on any atom is -0.273 e. The molecule has 0 aromatic heterocycles. The summed E-state index contributed by atoms with van der Waals surface area (Å²) in [6.45, 7) is 0. The third-order valence-electron chi connectivity index (χ3n) is 4.97. The van der Waals surface area contributed by atoms with Crippen molar-refractivity contribution in [3.05, 3.63) is 39.9 Å². The zero-order chi connectivity index (χ0) is 16.4. The van der Waals surface area contributed by atoms with E-state index in [4.69, 9.17) is 0 Å². The standard InChI is InChI=1S/C16H19N3O4/c20-15(9-13-7-10-4-5-11(13)6-10)17-18-16(21)12-2-1-3-14(8-12)19(22)23/h1-3,8,10-11,13H,4-7,9H2,(H,17,20)(H,18,21)/t10-,11+,13-/m0/s1. The first-order chi connectivity index (χ1) is 11.0. The molecule has 7 heteroatoms. The van der Waals surface area contributed by atoms with Crippen molar-refractivity contribution in [1.82, 2.24) is 10.9 Å². The summed E-state index contributed by atoms with van der Waals surface area (Å²) < 4.78 is 0. The Kier molecular flexibility index (Phi) is 4.27. The molecule has 2 aliphatic rings. The monoisotopic (exact) mass is 317 g/mol. The van der Waals surface area contributed by atoms with E-state index in [0.29, 0.717) is 18.3 Å². The number of fused-ring (bicyclic) bond motifs is 2. The first-order valence-electron chi connectivity index (χ1n) is 7.86. The van der Waals surface area contributed by atoms with E-state index in [1.54, 1.807) is 0 Å². The van der Waals surface area contributed by atoms with Crippen LogP contribution in [-0.2, 0) is 4.79 Å². The highest BCUT2D eigenvalue weighted by Gasteiger charge is 2.40. The maximum atomic E-state index is 12.0. The van der Waals surface area contributed by atoms with Gasteiger partial charge in [0.15, 0.2) is 0 Å². The van der Waals surface area contributed by atoms with Gasteiger partial charge in [-0.2, -0.15) is 0 Å². The van der Waals surface area contributed by atoms with E-state index >= 15 is 0 Å². The normalized spacial score (nSPS) is 25.1. The first kappa shape index (κ1) is 15.5. The maximum Gasteiger partial charge on any atom is 0.270 e. The lowest BCUT2D eigenvalue weighted by Gasteiger charge is -2.20. The van der Waals surface area contributed by atoms with Crippen LogP contribution in [0, 0.1) is 27.9 Å². The number of rotatable bonds is 4. The van der Waals surface area contributed by atoms with Gasteiger partial charge in [-0.3, -0.25) is 30.6 Å². The van der Waals surface area contributed by atoms with Gasteiger partial charge in [-0.05, 0) is 43.1 Å². The quantitative estimate of drug-likeness (QED) is 0.656. The third-order valence-corrected chi connectivity index (χ3v) is 4.97. The molecule has 2 fully saturated rings. The molecule has 2 saturated carbocycles.